The van der Waals surface area contributed by atoms with Crippen molar-refractivity contribution < 1.29 is 8.42 Å². The molecule has 0 fully saturated rings. The number of fused-ring (bicyclic) bond motifs is 1. The zero-order valence-corrected chi connectivity index (χ0v) is 16.1. The Morgan fingerprint density at radius 1 is 1.28 bits per heavy atom. The lowest BCUT2D eigenvalue weighted by atomic mass is 10.1. The molecule has 2 heterocycles. The van der Waals surface area contributed by atoms with Crippen LogP contribution >= 0.6 is 11.3 Å². The molecule has 0 spiro atoms. The number of hydrogen-bond donors (Lipinski definition) is 1. The van der Waals surface area contributed by atoms with Crippen LogP contribution in [-0.4, -0.2) is 19.2 Å². The lowest BCUT2D eigenvalue weighted by Crippen LogP contribution is -2.09. The standard InChI is InChI=1S/C18H19N3O2S2/c1-11(2)21-10-15(17-7-12(3)18(9-19)24-17)14-6-5-13(8-16(14)21)20-25(4,22)23/h5-8,10-11,20H,1-4H3. The Morgan fingerprint density at radius 2 is 2.00 bits per heavy atom. The monoisotopic (exact) mass is 373 g/mol. The van der Waals surface area contributed by atoms with E-state index in [4.69, 9.17) is 0 Å². The highest BCUT2D eigenvalue weighted by molar-refractivity contribution is 7.92. The predicted molar refractivity (Wildman–Crippen MR) is 104 cm³/mol. The molecule has 0 radical (unpaired) electrons. The zero-order valence-electron chi connectivity index (χ0n) is 14.5. The van der Waals surface area contributed by atoms with E-state index in [0.29, 0.717) is 5.69 Å². The summed E-state index contributed by atoms with van der Waals surface area (Å²) in [6, 6.07) is 10.0. The number of aromatic nitrogens is 1. The van der Waals surface area contributed by atoms with Crippen LogP contribution in [0, 0.1) is 18.3 Å². The van der Waals surface area contributed by atoms with Gasteiger partial charge < -0.3 is 4.57 Å². The summed E-state index contributed by atoms with van der Waals surface area (Å²) < 4.78 is 27.7. The van der Waals surface area contributed by atoms with Crippen molar-refractivity contribution in [2.45, 2.75) is 26.8 Å². The summed E-state index contributed by atoms with van der Waals surface area (Å²) in [4.78, 5) is 1.76. The smallest absolute Gasteiger partial charge is 0.229 e. The quantitative estimate of drug-likeness (QED) is 0.731. The van der Waals surface area contributed by atoms with Gasteiger partial charge in [-0.3, -0.25) is 4.72 Å². The lowest BCUT2D eigenvalue weighted by molar-refractivity contribution is 0.607. The van der Waals surface area contributed by atoms with Gasteiger partial charge in [0, 0.05) is 28.1 Å². The van der Waals surface area contributed by atoms with Gasteiger partial charge in [-0.05, 0) is 44.5 Å². The Kier molecular flexibility index (Phi) is 4.35. The highest BCUT2D eigenvalue weighted by Gasteiger charge is 2.16. The van der Waals surface area contributed by atoms with E-state index in [-0.39, 0.29) is 6.04 Å². The summed E-state index contributed by atoms with van der Waals surface area (Å²) in [5, 5.41) is 10.3. The number of nitrogens with one attached hydrogen (secondary N) is 1. The molecule has 25 heavy (non-hydrogen) atoms. The lowest BCUT2D eigenvalue weighted by Gasteiger charge is -2.10. The molecule has 0 aliphatic rings. The van der Waals surface area contributed by atoms with Crippen molar-refractivity contribution in [3.8, 4) is 16.5 Å². The number of aryl methyl sites for hydroxylation is 1. The zero-order chi connectivity index (χ0) is 18.4. The minimum Gasteiger partial charge on any atom is -0.344 e. The number of nitriles is 1. The van der Waals surface area contributed by atoms with Gasteiger partial charge in [-0.25, -0.2) is 8.42 Å². The van der Waals surface area contributed by atoms with Crippen LogP contribution in [0.25, 0.3) is 21.3 Å². The fourth-order valence-corrected chi connectivity index (χ4v) is 4.43. The molecular weight excluding hydrogens is 354 g/mol. The number of thiophene rings is 1. The van der Waals surface area contributed by atoms with E-state index in [0.717, 1.165) is 38.0 Å². The van der Waals surface area contributed by atoms with Crippen LogP contribution in [0.15, 0.2) is 30.5 Å². The number of rotatable bonds is 4. The molecule has 0 saturated heterocycles. The van der Waals surface area contributed by atoms with Gasteiger partial charge >= 0.3 is 0 Å². The largest absolute Gasteiger partial charge is 0.344 e. The maximum atomic E-state index is 11.5. The summed E-state index contributed by atoms with van der Waals surface area (Å²) >= 11 is 1.48. The van der Waals surface area contributed by atoms with Crippen LogP contribution in [0.1, 0.15) is 30.3 Å². The molecule has 5 nitrogen and oxygen atoms in total. The fourth-order valence-electron chi connectivity index (χ4n) is 2.88. The predicted octanol–water partition coefficient (Wildman–Crippen LogP) is 4.50. The van der Waals surface area contributed by atoms with Gasteiger partial charge in [0.1, 0.15) is 10.9 Å². The molecule has 3 rings (SSSR count). The van der Waals surface area contributed by atoms with Crippen molar-refractivity contribution in [2.75, 3.05) is 11.0 Å². The Hall–Kier alpha value is -2.30. The molecule has 0 atom stereocenters. The third-order valence-electron chi connectivity index (χ3n) is 3.98. The van der Waals surface area contributed by atoms with Crippen LogP contribution in [0.2, 0.25) is 0 Å². The molecule has 1 N–H and O–H groups in total. The molecule has 130 valence electrons. The summed E-state index contributed by atoms with van der Waals surface area (Å²) in [5.41, 5.74) is 3.54. The third-order valence-corrected chi connectivity index (χ3v) is 5.76. The molecule has 0 unspecified atom stereocenters. The second-order valence-corrected chi connectivity index (χ2v) is 9.19. The van der Waals surface area contributed by atoms with Gasteiger partial charge in [0.25, 0.3) is 0 Å². The number of nitrogens with zero attached hydrogens (tertiary/aromatic N) is 2. The van der Waals surface area contributed by atoms with E-state index in [1.165, 1.54) is 11.3 Å². The Morgan fingerprint density at radius 3 is 2.56 bits per heavy atom. The Bertz CT molecular complexity index is 1100. The van der Waals surface area contributed by atoms with E-state index in [9.17, 15) is 13.7 Å². The van der Waals surface area contributed by atoms with E-state index in [1.54, 1.807) is 6.07 Å². The van der Waals surface area contributed by atoms with Crippen molar-refractivity contribution in [1.29, 1.82) is 5.26 Å². The van der Waals surface area contributed by atoms with Crippen molar-refractivity contribution in [3.63, 3.8) is 0 Å². The van der Waals surface area contributed by atoms with Crippen LogP contribution in [0.3, 0.4) is 0 Å². The van der Waals surface area contributed by atoms with Crippen molar-refractivity contribution in [1.82, 2.24) is 4.57 Å². The normalized spacial score (nSPS) is 11.8. The van der Waals surface area contributed by atoms with Gasteiger partial charge in [-0.2, -0.15) is 5.26 Å². The number of sulfonamides is 1. The SMILES string of the molecule is Cc1cc(-c2cn(C(C)C)c3cc(NS(C)(=O)=O)ccc23)sc1C#N. The van der Waals surface area contributed by atoms with E-state index < -0.39 is 10.0 Å². The van der Waals surface area contributed by atoms with E-state index >= 15 is 0 Å². The minimum atomic E-state index is -3.32. The summed E-state index contributed by atoms with van der Waals surface area (Å²) in [5.74, 6) is 0. The van der Waals surface area contributed by atoms with Gasteiger partial charge in [-0.1, -0.05) is 6.07 Å². The topological polar surface area (TPSA) is 74.9 Å². The molecule has 0 aliphatic carbocycles. The summed E-state index contributed by atoms with van der Waals surface area (Å²) in [6.07, 6.45) is 3.22. The van der Waals surface area contributed by atoms with Crippen LogP contribution in [0.5, 0.6) is 0 Å². The molecular formula is C18H19N3O2S2. The second-order valence-electron chi connectivity index (χ2n) is 6.38. The first kappa shape index (κ1) is 17.5. The Balaban J connectivity index is 2.22. The van der Waals surface area contributed by atoms with E-state index in [1.807, 2.05) is 25.1 Å². The minimum absolute atomic E-state index is 0.223. The first-order chi connectivity index (χ1) is 11.7. The van der Waals surface area contributed by atoms with Crippen LogP contribution in [-0.2, 0) is 10.0 Å². The summed E-state index contributed by atoms with van der Waals surface area (Å²) in [6.45, 7) is 6.11. The molecule has 0 bridgehead atoms. The molecule has 1 aromatic carbocycles. The molecule has 0 amide bonds. The average Bonchev–Trinajstić information content (AvgIpc) is 3.05. The maximum Gasteiger partial charge on any atom is 0.229 e. The second kappa shape index (κ2) is 6.21. The first-order valence-electron chi connectivity index (χ1n) is 7.83. The number of benzene rings is 1. The maximum absolute atomic E-state index is 11.5. The third kappa shape index (κ3) is 3.41. The van der Waals surface area contributed by atoms with Gasteiger partial charge in [0.2, 0.25) is 10.0 Å². The molecule has 2 aromatic heterocycles. The fraction of sp³-hybridized carbons (Fsp3) is 0.278. The van der Waals surface area contributed by atoms with Crippen LogP contribution in [0.4, 0.5) is 5.69 Å². The van der Waals surface area contributed by atoms with Gasteiger partial charge in [0.05, 0.1) is 17.5 Å². The molecule has 3 aromatic rings. The number of anilines is 1. The average molecular weight is 374 g/mol. The number of hydrogen-bond acceptors (Lipinski definition) is 4. The molecule has 7 heteroatoms. The van der Waals surface area contributed by atoms with Crippen LogP contribution < -0.4 is 4.72 Å². The summed E-state index contributed by atoms with van der Waals surface area (Å²) in [7, 11) is -3.32. The van der Waals surface area contributed by atoms with Gasteiger partial charge in [0.15, 0.2) is 0 Å². The van der Waals surface area contributed by atoms with Crippen molar-refractivity contribution in [2.24, 2.45) is 0 Å². The highest BCUT2D eigenvalue weighted by atomic mass is 32.2. The molecule has 0 aliphatic heterocycles. The molecule has 0 saturated carbocycles. The first-order valence-corrected chi connectivity index (χ1v) is 10.5. The van der Waals surface area contributed by atoms with Crippen molar-refractivity contribution >= 4 is 38.0 Å². The van der Waals surface area contributed by atoms with Crippen molar-refractivity contribution in [3.05, 3.63) is 40.9 Å². The highest BCUT2D eigenvalue weighted by Crippen LogP contribution is 2.38. The van der Waals surface area contributed by atoms with E-state index in [2.05, 4.69) is 35.4 Å². The van der Waals surface area contributed by atoms with Gasteiger partial charge in [-0.15, -0.1) is 11.3 Å². The Labute approximate surface area is 151 Å².